The largest absolute Gasteiger partial charge is 0.494 e. The van der Waals surface area contributed by atoms with E-state index in [1.807, 2.05) is 0 Å². The molecule has 0 unspecified atom stereocenters. The van der Waals surface area contributed by atoms with Crippen molar-refractivity contribution in [3.63, 3.8) is 0 Å². The van der Waals surface area contributed by atoms with Gasteiger partial charge in [-0.3, -0.25) is 0 Å². The maximum atomic E-state index is 11.6. The van der Waals surface area contributed by atoms with E-state index in [1.165, 1.54) is 0 Å². The summed E-state index contributed by atoms with van der Waals surface area (Å²) in [6.45, 7) is 4.83. The zero-order valence-corrected chi connectivity index (χ0v) is 10.4. The van der Waals surface area contributed by atoms with Gasteiger partial charge in [-0.15, -0.1) is 0 Å². The molecule has 1 rings (SSSR count). The molecular formula is C13H19NO3. The van der Waals surface area contributed by atoms with Gasteiger partial charge in [-0.2, -0.15) is 0 Å². The summed E-state index contributed by atoms with van der Waals surface area (Å²) in [4.78, 5) is 11.6. The number of carbonyl (C=O) groups excluding carboxylic acids is 1. The van der Waals surface area contributed by atoms with E-state index in [9.17, 15) is 4.79 Å². The van der Waals surface area contributed by atoms with Crippen LogP contribution in [0.4, 0.5) is 5.69 Å². The highest BCUT2D eigenvalue weighted by Crippen LogP contribution is 2.20. The van der Waals surface area contributed by atoms with Gasteiger partial charge in [0.05, 0.1) is 18.8 Å². The Morgan fingerprint density at radius 2 is 2.12 bits per heavy atom. The first-order chi connectivity index (χ1) is 8.19. The molecule has 0 fully saturated rings. The molecule has 94 valence electrons. The number of benzene rings is 1. The molecule has 0 saturated carbocycles. The average Bonchev–Trinajstić information content (AvgIpc) is 2.32. The Kier molecular flexibility index (Phi) is 5.33. The number of esters is 1. The molecule has 1 aromatic carbocycles. The van der Waals surface area contributed by atoms with Crippen LogP contribution < -0.4 is 10.5 Å². The van der Waals surface area contributed by atoms with Crippen molar-refractivity contribution in [1.82, 2.24) is 0 Å². The Balaban J connectivity index is 2.75. The summed E-state index contributed by atoms with van der Waals surface area (Å²) >= 11 is 0. The van der Waals surface area contributed by atoms with Crippen LogP contribution in [-0.2, 0) is 4.74 Å². The number of rotatable bonds is 6. The lowest BCUT2D eigenvalue weighted by molar-refractivity contribution is 0.0527. The van der Waals surface area contributed by atoms with Crippen molar-refractivity contribution in [3.05, 3.63) is 23.8 Å². The third-order valence-corrected chi connectivity index (χ3v) is 2.29. The molecule has 4 heteroatoms. The number of hydrogen-bond donors (Lipinski definition) is 1. The van der Waals surface area contributed by atoms with Crippen molar-refractivity contribution in [2.75, 3.05) is 18.9 Å². The second-order valence-corrected chi connectivity index (χ2v) is 3.67. The summed E-state index contributed by atoms with van der Waals surface area (Å²) in [6, 6.07) is 5.05. The fraction of sp³-hybridized carbons (Fsp3) is 0.462. The summed E-state index contributed by atoms with van der Waals surface area (Å²) in [5, 5.41) is 0. The first-order valence-electron chi connectivity index (χ1n) is 5.88. The molecule has 2 N–H and O–H groups in total. The number of carbonyl (C=O) groups is 1. The van der Waals surface area contributed by atoms with Crippen molar-refractivity contribution < 1.29 is 14.3 Å². The lowest BCUT2D eigenvalue weighted by atomic mass is 10.1. The summed E-state index contributed by atoms with van der Waals surface area (Å²) < 4.78 is 10.4. The minimum atomic E-state index is -0.411. The molecule has 0 aromatic heterocycles. The first-order valence-corrected chi connectivity index (χ1v) is 5.88. The third-order valence-electron chi connectivity index (χ3n) is 2.29. The van der Waals surface area contributed by atoms with Gasteiger partial charge in [0.25, 0.3) is 0 Å². The van der Waals surface area contributed by atoms with Crippen LogP contribution in [0.2, 0.25) is 0 Å². The van der Waals surface area contributed by atoms with Crippen molar-refractivity contribution in [2.24, 2.45) is 0 Å². The fourth-order valence-corrected chi connectivity index (χ4v) is 1.35. The molecule has 1 aromatic rings. The monoisotopic (exact) mass is 237 g/mol. The number of anilines is 1. The highest BCUT2D eigenvalue weighted by Gasteiger charge is 2.11. The number of nitrogen functional groups attached to an aromatic ring is 1. The van der Waals surface area contributed by atoms with Crippen molar-refractivity contribution in [2.45, 2.75) is 26.7 Å². The highest BCUT2D eigenvalue weighted by molar-refractivity contribution is 5.95. The summed E-state index contributed by atoms with van der Waals surface area (Å²) in [6.07, 6.45) is 2.05. The van der Waals surface area contributed by atoms with Gasteiger partial charge in [0, 0.05) is 5.69 Å². The van der Waals surface area contributed by atoms with Gasteiger partial charge in [0.15, 0.2) is 0 Å². The highest BCUT2D eigenvalue weighted by atomic mass is 16.5. The second-order valence-electron chi connectivity index (χ2n) is 3.67. The van der Waals surface area contributed by atoms with E-state index in [0.29, 0.717) is 30.2 Å². The quantitative estimate of drug-likeness (QED) is 0.469. The van der Waals surface area contributed by atoms with Gasteiger partial charge in [-0.1, -0.05) is 13.3 Å². The number of ether oxygens (including phenoxy) is 2. The number of unbranched alkanes of at least 4 members (excludes halogenated alkanes) is 1. The van der Waals surface area contributed by atoms with Crippen LogP contribution in [0, 0.1) is 0 Å². The summed E-state index contributed by atoms with van der Waals surface area (Å²) in [5.41, 5.74) is 6.49. The Bertz CT molecular complexity index is 377. The van der Waals surface area contributed by atoms with Crippen LogP contribution in [0.3, 0.4) is 0 Å². The number of nitrogens with two attached hydrogens (primary N) is 1. The Morgan fingerprint density at radius 3 is 2.76 bits per heavy atom. The topological polar surface area (TPSA) is 61.5 Å². The number of hydrogen-bond acceptors (Lipinski definition) is 4. The fourth-order valence-electron chi connectivity index (χ4n) is 1.35. The van der Waals surface area contributed by atoms with E-state index in [-0.39, 0.29) is 0 Å². The van der Waals surface area contributed by atoms with E-state index >= 15 is 0 Å². The van der Waals surface area contributed by atoms with Gasteiger partial charge < -0.3 is 15.2 Å². The van der Waals surface area contributed by atoms with Crippen LogP contribution in [0.15, 0.2) is 18.2 Å². The molecule has 0 aliphatic heterocycles. The minimum absolute atomic E-state index is 0.333. The molecule has 0 atom stereocenters. The van der Waals surface area contributed by atoms with Crippen LogP contribution in [0.25, 0.3) is 0 Å². The Labute approximate surface area is 102 Å². The van der Waals surface area contributed by atoms with Gasteiger partial charge >= 0.3 is 5.97 Å². The molecule has 0 radical (unpaired) electrons. The second kappa shape index (κ2) is 6.78. The van der Waals surface area contributed by atoms with Gasteiger partial charge in [0.1, 0.15) is 5.75 Å². The van der Waals surface area contributed by atoms with E-state index in [4.69, 9.17) is 15.2 Å². The SMILES string of the molecule is CCCCOc1ccc(N)c(C(=O)OCC)c1. The maximum absolute atomic E-state index is 11.6. The van der Waals surface area contributed by atoms with Crippen LogP contribution in [-0.4, -0.2) is 19.2 Å². The predicted molar refractivity (Wildman–Crippen MR) is 67.2 cm³/mol. The first kappa shape index (κ1) is 13.4. The summed E-state index contributed by atoms with van der Waals surface area (Å²) in [7, 11) is 0. The average molecular weight is 237 g/mol. The third kappa shape index (κ3) is 3.98. The summed E-state index contributed by atoms with van der Waals surface area (Å²) in [5.74, 6) is 0.238. The smallest absolute Gasteiger partial charge is 0.340 e. The van der Waals surface area contributed by atoms with E-state index < -0.39 is 5.97 Å². The molecular weight excluding hydrogens is 218 g/mol. The van der Waals surface area contributed by atoms with E-state index in [1.54, 1.807) is 25.1 Å². The van der Waals surface area contributed by atoms with E-state index in [2.05, 4.69) is 6.92 Å². The Morgan fingerprint density at radius 1 is 1.35 bits per heavy atom. The van der Waals surface area contributed by atoms with Gasteiger partial charge in [0.2, 0.25) is 0 Å². The molecule has 0 spiro atoms. The standard InChI is InChI=1S/C13H19NO3/c1-3-5-8-17-10-6-7-12(14)11(9-10)13(15)16-4-2/h6-7,9H,3-5,8,14H2,1-2H3. The van der Waals surface area contributed by atoms with Crippen molar-refractivity contribution in [3.8, 4) is 5.75 Å². The molecule has 0 aliphatic rings. The zero-order chi connectivity index (χ0) is 12.7. The van der Waals surface area contributed by atoms with Crippen LogP contribution in [0.5, 0.6) is 5.75 Å². The predicted octanol–water partition coefficient (Wildman–Crippen LogP) is 2.62. The lowest BCUT2D eigenvalue weighted by Gasteiger charge is -2.09. The zero-order valence-electron chi connectivity index (χ0n) is 10.4. The molecule has 0 heterocycles. The van der Waals surface area contributed by atoms with Crippen molar-refractivity contribution >= 4 is 11.7 Å². The van der Waals surface area contributed by atoms with E-state index in [0.717, 1.165) is 12.8 Å². The van der Waals surface area contributed by atoms with Gasteiger partial charge in [-0.05, 0) is 31.5 Å². The normalized spacial score (nSPS) is 10.0. The minimum Gasteiger partial charge on any atom is -0.494 e. The molecule has 4 nitrogen and oxygen atoms in total. The Hall–Kier alpha value is -1.71. The molecule has 0 aliphatic carbocycles. The molecule has 17 heavy (non-hydrogen) atoms. The lowest BCUT2D eigenvalue weighted by Crippen LogP contribution is -2.08. The maximum Gasteiger partial charge on any atom is 0.340 e. The van der Waals surface area contributed by atoms with Gasteiger partial charge in [-0.25, -0.2) is 4.79 Å². The molecule has 0 bridgehead atoms. The van der Waals surface area contributed by atoms with Crippen molar-refractivity contribution in [1.29, 1.82) is 0 Å². The van der Waals surface area contributed by atoms with Crippen LogP contribution in [0.1, 0.15) is 37.0 Å². The van der Waals surface area contributed by atoms with Crippen LogP contribution >= 0.6 is 0 Å². The molecule has 0 saturated heterocycles. The molecule has 0 amide bonds.